The molecule has 0 heterocycles. The van der Waals surface area contributed by atoms with Gasteiger partial charge in [-0.15, -0.1) is 0 Å². The van der Waals surface area contributed by atoms with Crippen LogP contribution in [0.15, 0.2) is 58.6 Å². The topological polar surface area (TPSA) is 71.3 Å². The summed E-state index contributed by atoms with van der Waals surface area (Å²) < 4.78 is 11.9. The highest BCUT2D eigenvalue weighted by Crippen LogP contribution is 2.36. The third kappa shape index (κ3) is 6.38. The van der Waals surface area contributed by atoms with E-state index in [1.54, 1.807) is 48.5 Å². The van der Waals surface area contributed by atoms with E-state index < -0.39 is 5.91 Å². The number of benzene rings is 3. The molecule has 5 nitrogen and oxygen atoms in total. The number of halogens is 5. The summed E-state index contributed by atoms with van der Waals surface area (Å²) in [5.41, 5.74) is 1.49. The molecule has 0 aliphatic carbocycles. The maximum Gasteiger partial charge on any atom is 0.266 e. The number of hydrogen-bond acceptors (Lipinski definition) is 4. The molecule has 0 atom stereocenters. The molecule has 10 heteroatoms. The fraction of sp³-hybridized carbons (Fsp3) is 0.0833. The SMILES string of the molecule is COc1cc(/C=C(/C#N)C(=O)Nc2cccc(Cl)c2Cl)c(Br)cc1OCc1ccc(Cl)c(Cl)c1. The summed E-state index contributed by atoms with van der Waals surface area (Å²) >= 11 is 27.6. The fourth-order valence-corrected chi connectivity index (χ4v) is 3.92. The van der Waals surface area contributed by atoms with Crippen LogP contribution in [0.4, 0.5) is 5.69 Å². The Morgan fingerprint density at radius 3 is 2.50 bits per heavy atom. The van der Waals surface area contributed by atoms with Gasteiger partial charge in [0, 0.05) is 4.47 Å². The van der Waals surface area contributed by atoms with Crippen LogP contribution in [-0.2, 0) is 11.4 Å². The summed E-state index contributed by atoms with van der Waals surface area (Å²) in [7, 11) is 1.49. The number of hydrogen-bond donors (Lipinski definition) is 1. The van der Waals surface area contributed by atoms with Gasteiger partial charge in [-0.3, -0.25) is 4.79 Å². The van der Waals surface area contributed by atoms with Gasteiger partial charge in [-0.25, -0.2) is 0 Å². The van der Waals surface area contributed by atoms with Crippen molar-refractivity contribution in [1.29, 1.82) is 5.26 Å². The molecule has 3 aromatic carbocycles. The van der Waals surface area contributed by atoms with Gasteiger partial charge < -0.3 is 14.8 Å². The molecule has 1 N–H and O–H groups in total. The molecule has 0 aliphatic rings. The van der Waals surface area contributed by atoms with Gasteiger partial charge in [-0.05, 0) is 53.6 Å². The molecular weight excluding hydrogens is 586 g/mol. The summed E-state index contributed by atoms with van der Waals surface area (Å²) in [5.74, 6) is 0.217. The predicted molar refractivity (Wildman–Crippen MR) is 140 cm³/mol. The highest BCUT2D eigenvalue weighted by molar-refractivity contribution is 9.10. The first-order valence-corrected chi connectivity index (χ1v) is 11.9. The quantitative estimate of drug-likeness (QED) is 0.219. The first-order chi connectivity index (χ1) is 16.2. The predicted octanol–water partition coefficient (Wildman–Crippen LogP) is 8.20. The number of ether oxygens (including phenoxy) is 2. The third-order valence-electron chi connectivity index (χ3n) is 4.53. The molecule has 34 heavy (non-hydrogen) atoms. The van der Waals surface area contributed by atoms with Gasteiger partial charge in [0.25, 0.3) is 5.91 Å². The smallest absolute Gasteiger partial charge is 0.266 e. The van der Waals surface area contributed by atoms with Crippen LogP contribution >= 0.6 is 62.3 Å². The molecule has 0 bridgehead atoms. The number of rotatable bonds is 7. The normalized spacial score (nSPS) is 11.0. The van der Waals surface area contributed by atoms with Crippen LogP contribution in [0, 0.1) is 11.3 Å². The average molecular weight is 601 g/mol. The second kappa shape index (κ2) is 11.8. The fourth-order valence-electron chi connectivity index (χ4n) is 2.82. The summed E-state index contributed by atoms with van der Waals surface area (Å²) in [6.07, 6.45) is 1.42. The van der Waals surface area contributed by atoms with Gasteiger partial charge in [-0.1, -0.05) is 74.5 Å². The molecule has 3 aromatic rings. The number of amides is 1. The molecule has 0 radical (unpaired) electrons. The molecule has 0 aliphatic heterocycles. The van der Waals surface area contributed by atoms with E-state index >= 15 is 0 Å². The van der Waals surface area contributed by atoms with Crippen LogP contribution in [0.25, 0.3) is 6.08 Å². The maximum absolute atomic E-state index is 12.7. The minimum Gasteiger partial charge on any atom is -0.493 e. The van der Waals surface area contributed by atoms with Gasteiger partial charge in [0.05, 0.1) is 32.9 Å². The summed E-state index contributed by atoms with van der Waals surface area (Å²) in [6, 6.07) is 15.2. The van der Waals surface area contributed by atoms with E-state index in [0.717, 1.165) is 5.56 Å². The lowest BCUT2D eigenvalue weighted by Crippen LogP contribution is -2.13. The Morgan fingerprint density at radius 1 is 1.06 bits per heavy atom. The Labute approximate surface area is 224 Å². The zero-order valence-electron chi connectivity index (χ0n) is 17.5. The first-order valence-electron chi connectivity index (χ1n) is 9.55. The first kappa shape index (κ1) is 26.2. The molecule has 1 amide bonds. The van der Waals surface area contributed by atoms with Crippen molar-refractivity contribution in [3.8, 4) is 17.6 Å². The van der Waals surface area contributed by atoms with Crippen molar-refractivity contribution < 1.29 is 14.3 Å². The minimum absolute atomic E-state index is 0.150. The average Bonchev–Trinajstić information content (AvgIpc) is 2.82. The number of nitriles is 1. The van der Waals surface area contributed by atoms with Gasteiger partial charge in [0.2, 0.25) is 0 Å². The number of carbonyl (C=O) groups is 1. The Bertz CT molecular complexity index is 1320. The lowest BCUT2D eigenvalue weighted by molar-refractivity contribution is -0.112. The number of nitrogens with one attached hydrogen (secondary N) is 1. The van der Waals surface area contributed by atoms with E-state index in [0.29, 0.717) is 37.3 Å². The van der Waals surface area contributed by atoms with Crippen molar-refractivity contribution in [3.63, 3.8) is 0 Å². The highest BCUT2D eigenvalue weighted by atomic mass is 79.9. The van der Waals surface area contributed by atoms with Crippen molar-refractivity contribution in [2.45, 2.75) is 6.61 Å². The van der Waals surface area contributed by atoms with E-state index in [1.807, 2.05) is 6.07 Å². The molecule has 0 fully saturated rings. The maximum atomic E-state index is 12.7. The molecule has 0 unspecified atom stereocenters. The Morgan fingerprint density at radius 2 is 1.82 bits per heavy atom. The Kier molecular flexibility index (Phi) is 9.12. The van der Waals surface area contributed by atoms with Crippen LogP contribution in [0.3, 0.4) is 0 Å². The standard InChI is InChI=1S/C24H15BrCl4N2O3/c1-33-21-9-14(8-15(11-30)24(32)31-20-4-2-3-18(27)23(20)29)16(25)10-22(21)34-12-13-5-6-17(26)19(28)7-13/h2-10H,12H2,1H3,(H,31,32)/b15-8-. The van der Waals surface area contributed by atoms with Gasteiger partial charge in [0.15, 0.2) is 11.5 Å². The summed E-state index contributed by atoms with van der Waals surface area (Å²) in [6.45, 7) is 0.223. The molecular formula is C24H15BrCl4N2O3. The highest BCUT2D eigenvalue weighted by Gasteiger charge is 2.16. The van der Waals surface area contributed by atoms with Crippen molar-refractivity contribution in [3.05, 3.63) is 89.8 Å². The molecule has 0 aromatic heterocycles. The lowest BCUT2D eigenvalue weighted by Gasteiger charge is -2.13. The van der Waals surface area contributed by atoms with Crippen molar-refractivity contribution in [2.24, 2.45) is 0 Å². The molecule has 174 valence electrons. The zero-order valence-corrected chi connectivity index (χ0v) is 22.1. The zero-order chi connectivity index (χ0) is 24.8. The van der Waals surface area contributed by atoms with E-state index in [-0.39, 0.29) is 22.2 Å². The van der Waals surface area contributed by atoms with Crippen LogP contribution in [0.2, 0.25) is 20.1 Å². The number of anilines is 1. The van der Waals surface area contributed by atoms with Crippen molar-refractivity contribution >= 4 is 80.0 Å². The second-order valence-corrected chi connectivity index (χ2v) is 9.24. The van der Waals surface area contributed by atoms with Crippen LogP contribution in [-0.4, -0.2) is 13.0 Å². The summed E-state index contributed by atoms with van der Waals surface area (Å²) in [5, 5.41) is 13.5. The number of carbonyl (C=O) groups excluding carboxylic acids is 1. The van der Waals surface area contributed by atoms with E-state index in [2.05, 4.69) is 21.2 Å². The Balaban J connectivity index is 1.84. The van der Waals surface area contributed by atoms with E-state index in [4.69, 9.17) is 55.9 Å². The van der Waals surface area contributed by atoms with Gasteiger partial charge in [0.1, 0.15) is 18.2 Å². The van der Waals surface area contributed by atoms with Gasteiger partial charge in [-0.2, -0.15) is 5.26 Å². The Hall–Kier alpha value is -2.40. The van der Waals surface area contributed by atoms with Crippen molar-refractivity contribution in [1.82, 2.24) is 0 Å². The van der Waals surface area contributed by atoms with Crippen LogP contribution in [0.5, 0.6) is 11.5 Å². The molecule has 3 rings (SSSR count). The number of nitrogens with zero attached hydrogens (tertiary/aromatic N) is 1. The third-order valence-corrected chi connectivity index (χ3v) is 6.77. The largest absolute Gasteiger partial charge is 0.493 e. The number of methoxy groups -OCH3 is 1. The lowest BCUT2D eigenvalue weighted by atomic mass is 10.1. The van der Waals surface area contributed by atoms with Gasteiger partial charge >= 0.3 is 0 Å². The molecule has 0 saturated carbocycles. The van der Waals surface area contributed by atoms with E-state index in [9.17, 15) is 10.1 Å². The molecule has 0 spiro atoms. The van der Waals surface area contributed by atoms with Crippen molar-refractivity contribution in [2.75, 3.05) is 12.4 Å². The van der Waals surface area contributed by atoms with Crippen LogP contribution in [0.1, 0.15) is 11.1 Å². The second-order valence-electron chi connectivity index (χ2n) is 6.79. The van der Waals surface area contributed by atoms with E-state index in [1.165, 1.54) is 13.2 Å². The van der Waals surface area contributed by atoms with Crippen LogP contribution < -0.4 is 14.8 Å². The monoisotopic (exact) mass is 598 g/mol. The summed E-state index contributed by atoms with van der Waals surface area (Å²) in [4.78, 5) is 12.7. The molecule has 0 saturated heterocycles. The minimum atomic E-state index is -0.641.